The summed E-state index contributed by atoms with van der Waals surface area (Å²) < 4.78 is 25.4. The van der Waals surface area contributed by atoms with Crippen LogP contribution in [0.2, 0.25) is 0 Å². The van der Waals surface area contributed by atoms with Crippen LogP contribution in [0.5, 0.6) is 0 Å². The molecule has 3 aromatic rings. The molecule has 0 atom stereocenters. The van der Waals surface area contributed by atoms with Crippen LogP contribution in [0.25, 0.3) is 5.69 Å². The number of hydrogen-bond donors (Lipinski definition) is 1. The summed E-state index contributed by atoms with van der Waals surface area (Å²) in [5.74, 6) is -0.190. The summed E-state index contributed by atoms with van der Waals surface area (Å²) in [6.07, 6.45) is 3.37. The minimum atomic E-state index is -3.84. The van der Waals surface area contributed by atoms with Gasteiger partial charge in [-0.05, 0) is 62.4 Å². The van der Waals surface area contributed by atoms with Gasteiger partial charge in [-0.25, -0.2) is 18.2 Å². The van der Waals surface area contributed by atoms with E-state index in [1.807, 2.05) is 35.9 Å². The van der Waals surface area contributed by atoms with Gasteiger partial charge >= 0.3 is 0 Å². The second-order valence-corrected chi connectivity index (χ2v) is 9.48. The van der Waals surface area contributed by atoms with Crippen LogP contribution < -0.4 is 10.0 Å². The standard InChI is InChI=1S/C22H22N4O3S/c1-14-5-8-16(9-6-14)26-19-4-2-3-18(19)21(24-26)22(27)25-12-11-15-7-10-17(13-20(15)25)30(23,28)29/h5-10,13H,2-4,11-12H2,1H3,(H2,23,28,29). The molecule has 2 aromatic carbocycles. The van der Waals surface area contributed by atoms with Crippen LogP contribution in [0.15, 0.2) is 47.4 Å². The summed E-state index contributed by atoms with van der Waals surface area (Å²) in [5.41, 5.74) is 6.18. The Kier molecular flexibility index (Phi) is 4.30. The second-order valence-electron chi connectivity index (χ2n) is 7.92. The predicted octanol–water partition coefficient (Wildman–Crippen LogP) is 2.52. The maximum Gasteiger partial charge on any atom is 0.279 e. The van der Waals surface area contributed by atoms with Gasteiger partial charge in [0.15, 0.2) is 5.69 Å². The highest BCUT2D eigenvalue weighted by Crippen LogP contribution is 2.34. The molecule has 0 saturated carbocycles. The molecule has 2 N–H and O–H groups in total. The highest BCUT2D eigenvalue weighted by molar-refractivity contribution is 7.89. The van der Waals surface area contributed by atoms with Crippen LogP contribution in [0.4, 0.5) is 5.69 Å². The molecule has 1 aliphatic carbocycles. The van der Waals surface area contributed by atoms with Gasteiger partial charge in [-0.1, -0.05) is 23.8 Å². The van der Waals surface area contributed by atoms with Crippen molar-refractivity contribution in [3.8, 4) is 5.69 Å². The number of nitrogens with zero attached hydrogens (tertiary/aromatic N) is 3. The van der Waals surface area contributed by atoms with Gasteiger partial charge in [0.1, 0.15) is 0 Å². The number of benzene rings is 2. The fourth-order valence-corrected chi connectivity index (χ4v) is 4.92. The van der Waals surface area contributed by atoms with Crippen molar-refractivity contribution in [1.29, 1.82) is 0 Å². The van der Waals surface area contributed by atoms with Crippen LogP contribution in [0.1, 0.15) is 39.3 Å². The average Bonchev–Trinajstić information content (AvgIpc) is 3.42. The van der Waals surface area contributed by atoms with Gasteiger partial charge in [-0.2, -0.15) is 5.10 Å². The van der Waals surface area contributed by atoms with E-state index >= 15 is 0 Å². The Morgan fingerprint density at radius 3 is 2.57 bits per heavy atom. The van der Waals surface area contributed by atoms with Crippen molar-refractivity contribution in [1.82, 2.24) is 9.78 Å². The topological polar surface area (TPSA) is 98.3 Å². The lowest BCUT2D eigenvalue weighted by atomic mass is 10.1. The van der Waals surface area contributed by atoms with Gasteiger partial charge < -0.3 is 4.90 Å². The van der Waals surface area contributed by atoms with Crippen LogP contribution in [0, 0.1) is 6.92 Å². The summed E-state index contributed by atoms with van der Waals surface area (Å²) in [7, 11) is -3.84. The highest BCUT2D eigenvalue weighted by Gasteiger charge is 2.33. The number of anilines is 1. The maximum atomic E-state index is 13.5. The molecule has 154 valence electrons. The van der Waals surface area contributed by atoms with Crippen molar-refractivity contribution in [2.75, 3.05) is 11.4 Å². The van der Waals surface area contributed by atoms with Crippen molar-refractivity contribution in [2.24, 2.45) is 5.14 Å². The van der Waals surface area contributed by atoms with Crippen LogP contribution in [0.3, 0.4) is 0 Å². The molecule has 1 aliphatic heterocycles. The van der Waals surface area contributed by atoms with Crippen LogP contribution in [-0.2, 0) is 29.3 Å². The van der Waals surface area contributed by atoms with Gasteiger partial charge in [0.25, 0.3) is 5.91 Å². The third-order valence-electron chi connectivity index (χ3n) is 5.94. The zero-order valence-corrected chi connectivity index (χ0v) is 17.4. The molecule has 2 aliphatic rings. The Morgan fingerprint density at radius 2 is 1.83 bits per heavy atom. The van der Waals surface area contributed by atoms with Crippen LogP contribution in [-0.4, -0.2) is 30.7 Å². The van der Waals surface area contributed by atoms with Crippen molar-refractivity contribution >= 4 is 21.6 Å². The summed E-state index contributed by atoms with van der Waals surface area (Å²) >= 11 is 0. The molecule has 0 saturated heterocycles. The Labute approximate surface area is 175 Å². The SMILES string of the molecule is Cc1ccc(-n2nc(C(=O)N3CCc4ccc(S(N)(=O)=O)cc43)c3c2CCC3)cc1. The number of aromatic nitrogens is 2. The molecule has 1 amide bonds. The van der Waals surface area contributed by atoms with Gasteiger partial charge in [0.05, 0.1) is 10.6 Å². The first-order valence-corrected chi connectivity index (χ1v) is 11.5. The number of nitrogens with two attached hydrogens (primary N) is 1. The summed E-state index contributed by atoms with van der Waals surface area (Å²) in [6, 6.07) is 12.8. The number of amides is 1. The first-order chi connectivity index (χ1) is 14.3. The van der Waals surface area contributed by atoms with Gasteiger partial charge in [-0.3, -0.25) is 4.79 Å². The van der Waals surface area contributed by atoms with Crippen molar-refractivity contribution in [3.63, 3.8) is 0 Å². The number of carbonyl (C=O) groups is 1. The van der Waals surface area contributed by atoms with Crippen molar-refractivity contribution in [2.45, 2.75) is 37.5 Å². The van der Waals surface area contributed by atoms with E-state index in [9.17, 15) is 13.2 Å². The molecule has 0 bridgehead atoms. The molecular formula is C22H22N4O3S. The van der Waals surface area contributed by atoms with Gasteiger partial charge in [-0.15, -0.1) is 0 Å². The lowest BCUT2D eigenvalue weighted by Crippen LogP contribution is -2.30. The minimum Gasteiger partial charge on any atom is -0.306 e. The highest BCUT2D eigenvalue weighted by atomic mass is 32.2. The molecule has 5 rings (SSSR count). The monoisotopic (exact) mass is 422 g/mol. The third-order valence-corrected chi connectivity index (χ3v) is 6.85. The van der Waals surface area contributed by atoms with E-state index in [2.05, 4.69) is 0 Å². The fourth-order valence-electron chi connectivity index (χ4n) is 4.38. The largest absolute Gasteiger partial charge is 0.306 e. The average molecular weight is 423 g/mol. The molecule has 0 fully saturated rings. The third kappa shape index (κ3) is 3.03. The van der Waals surface area contributed by atoms with Crippen molar-refractivity contribution in [3.05, 3.63) is 70.5 Å². The molecule has 0 radical (unpaired) electrons. The van der Waals surface area contributed by atoms with E-state index in [-0.39, 0.29) is 10.8 Å². The van der Waals surface area contributed by atoms with E-state index in [0.29, 0.717) is 24.3 Å². The maximum absolute atomic E-state index is 13.5. The number of hydrogen-bond acceptors (Lipinski definition) is 4. The molecule has 0 unspecified atom stereocenters. The summed E-state index contributed by atoms with van der Waals surface area (Å²) in [5, 5.41) is 9.99. The molecule has 7 nitrogen and oxygen atoms in total. The van der Waals surface area contributed by atoms with E-state index in [1.165, 1.54) is 12.1 Å². The Morgan fingerprint density at radius 1 is 1.07 bits per heavy atom. The number of fused-ring (bicyclic) bond motifs is 2. The number of rotatable bonds is 3. The van der Waals surface area contributed by atoms with Gasteiger partial charge in [0, 0.05) is 23.5 Å². The predicted molar refractivity (Wildman–Crippen MR) is 114 cm³/mol. The van der Waals surface area contributed by atoms with E-state index in [1.54, 1.807) is 11.0 Å². The second kappa shape index (κ2) is 6.78. The number of carbonyl (C=O) groups excluding carboxylic acids is 1. The Hall–Kier alpha value is -2.97. The zero-order valence-electron chi connectivity index (χ0n) is 16.6. The van der Waals surface area contributed by atoms with E-state index < -0.39 is 10.0 Å². The molecule has 8 heteroatoms. The normalized spacial score (nSPS) is 15.3. The number of primary sulfonamides is 1. The number of sulfonamides is 1. The Bertz CT molecular complexity index is 1280. The zero-order chi connectivity index (χ0) is 21.0. The van der Waals surface area contributed by atoms with Gasteiger partial charge in [0.2, 0.25) is 10.0 Å². The van der Waals surface area contributed by atoms with E-state index in [4.69, 9.17) is 10.2 Å². The number of aryl methyl sites for hydroxylation is 1. The summed E-state index contributed by atoms with van der Waals surface area (Å²) in [6.45, 7) is 2.53. The molecular weight excluding hydrogens is 400 g/mol. The fraction of sp³-hybridized carbons (Fsp3) is 0.273. The molecule has 2 heterocycles. The van der Waals surface area contributed by atoms with E-state index in [0.717, 1.165) is 47.3 Å². The van der Waals surface area contributed by atoms with Crippen molar-refractivity contribution < 1.29 is 13.2 Å². The Balaban J connectivity index is 1.56. The quantitative estimate of drug-likeness (QED) is 0.701. The lowest BCUT2D eigenvalue weighted by Gasteiger charge is -2.17. The first kappa shape index (κ1) is 19.0. The lowest BCUT2D eigenvalue weighted by molar-refractivity contribution is 0.0983. The van der Waals surface area contributed by atoms with Crippen LogP contribution >= 0.6 is 0 Å². The molecule has 0 spiro atoms. The molecule has 30 heavy (non-hydrogen) atoms. The first-order valence-electron chi connectivity index (χ1n) is 9.98. The minimum absolute atomic E-state index is 0.0105. The summed E-state index contributed by atoms with van der Waals surface area (Å²) in [4.78, 5) is 15.1. The smallest absolute Gasteiger partial charge is 0.279 e. The molecule has 1 aromatic heterocycles.